The Kier molecular flexibility index (Phi) is 3.88. The lowest BCUT2D eigenvalue weighted by Crippen LogP contribution is -2.17. The number of aryl methyl sites for hydroxylation is 1. The van der Waals surface area contributed by atoms with Gasteiger partial charge in [-0.1, -0.05) is 6.07 Å². The molecule has 0 aliphatic carbocycles. The summed E-state index contributed by atoms with van der Waals surface area (Å²) in [5, 5.41) is 3.22. The Labute approximate surface area is 134 Å². The molecule has 1 amide bonds. The number of ether oxygens (including phenoxy) is 1. The largest absolute Gasteiger partial charge is 0.573 e. The molecule has 0 bridgehead atoms. The Morgan fingerprint density at radius 2 is 2.04 bits per heavy atom. The van der Waals surface area contributed by atoms with Gasteiger partial charge in [-0.15, -0.1) is 13.2 Å². The van der Waals surface area contributed by atoms with E-state index in [-0.39, 0.29) is 5.69 Å². The number of benzene rings is 1. The number of fused-ring (bicyclic) bond motifs is 1. The number of nitrogens with one attached hydrogen (secondary N) is 1. The van der Waals surface area contributed by atoms with E-state index in [0.29, 0.717) is 16.6 Å². The molecule has 8 heteroatoms. The van der Waals surface area contributed by atoms with Crippen LogP contribution in [0, 0.1) is 0 Å². The van der Waals surface area contributed by atoms with E-state index in [1.54, 1.807) is 36.1 Å². The zero-order valence-electron chi connectivity index (χ0n) is 12.5. The molecule has 2 aromatic heterocycles. The highest BCUT2D eigenvalue weighted by Gasteiger charge is 2.31. The van der Waals surface area contributed by atoms with Crippen molar-refractivity contribution in [1.29, 1.82) is 0 Å². The van der Waals surface area contributed by atoms with Gasteiger partial charge >= 0.3 is 6.36 Å². The van der Waals surface area contributed by atoms with E-state index in [0.717, 1.165) is 12.1 Å². The quantitative estimate of drug-likeness (QED) is 0.793. The van der Waals surface area contributed by atoms with Crippen LogP contribution in [0.1, 0.15) is 10.4 Å². The molecule has 0 saturated heterocycles. The van der Waals surface area contributed by atoms with Crippen LogP contribution in [-0.2, 0) is 7.05 Å². The fraction of sp³-hybridized carbons (Fsp3) is 0.125. The van der Waals surface area contributed by atoms with E-state index >= 15 is 0 Å². The van der Waals surface area contributed by atoms with Gasteiger partial charge in [-0.25, -0.2) is 4.98 Å². The van der Waals surface area contributed by atoms with E-state index < -0.39 is 18.0 Å². The number of rotatable bonds is 3. The smallest absolute Gasteiger partial charge is 0.406 e. The third kappa shape index (κ3) is 3.32. The molecule has 0 aliphatic rings. The Morgan fingerprint density at radius 1 is 1.25 bits per heavy atom. The van der Waals surface area contributed by atoms with Crippen molar-refractivity contribution in [2.45, 2.75) is 6.36 Å². The Balaban J connectivity index is 1.85. The molecule has 124 valence electrons. The molecule has 2 heterocycles. The van der Waals surface area contributed by atoms with Crippen molar-refractivity contribution in [3.8, 4) is 5.75 Å². The predicted octanol–water partition coefficient (Wildman–Crippen LogP) is 3.72. The maximum atomic E-state index is 12.4. The van der Waals surface area contributed by atoms with Crippen molar-refractivity contribution in [1.82, 2.24) is 9.55 Å². The van der Waals surface area contributed by atoms with Gasteiger partial charge in [0.25, 0.3) is 5.91 Å². The highest BCUT2D eigenvalue weighted by atomic mass is 19.4. The van der Waals surface area contributed by atoms with Crippen LogP contribution in [0.5, 0.6) is 5.75 Å². The molecular weight excluding hydrogens is 323 g/mol. The van der Waals surface area contributed by atoms with Gasteiger partial charge in [0.15, 0.2) is 0 Å². The van der Waals surface area contributed by atoms with Gasteiger partial charge in [0, 0.05) is 36.6 Å². The maximum Gasteiger partial charge on any atom is 0.573 e. The summed E-state index contributed by atoms with van der Waals surface area (Å²) >= 11 is 0. The first kappa shape index (κ1) is 15.9. The molecule has 0 fully saturated rings. The lowest BCUT2D eigenvalue weighted by molar-refractivity contribution is -0.274. The zero-order valence-corrected chi connectivity index (χ0v) is 12.5. The van der Waals surface area contributed by atoms with Crippen molar-refractivity contribution in [3.63, 3.8) is 0 Å². The lowest BCUT2D eigenvalue weighted by Gasteiger charge is -2.10. The van der Waals surface area contributed by atoms with Crippen LogP contribution in [0.4, 0.5) is 18.9 Å². The van der Waals surface area contributed by atoms with Crippen molar-refractivity contribution in [3.05, 3.63) is 54.4 Å². The first-order valence-corrected chi connectivity index (χ1v) is 6.91. The van der Waals surface area contributed by atoms with Gasteiger partial charge in [0.1, 0.15) is 11.4 Å². The number of carbonyl (C=O) groups excluding carboxylic acids is 1. The average Bonchev–Trinajstić information content (AvgIpc) is 2.84. The van der Waals surface area contributed by atoms with Crippen molar-refractivity contribution in [2.24, 2.45) is 7.05 Å². The minimum absolute atomic E-state index is 0.197. The topological polar surface area (TPSA) is 56.2 Å². The molecule has 5 nitrogen and oxygen atoms in total. The third-order valence-electron chi connectivity index (χ3n) is 3.30. The van der Waals surface area contributed by atoms with Crippen LogP contribution in [0.25, 0.3) is 11.0 Å². The molecule has 0 unspecified atom stereocenters. The number of hydrogen-bond acceptors (Lipinski definition) is 3. The molecule has 1 N–H and O–H groups in total. The van der Waals surface area contributed by atoms with Crippen molar-refractivity contribution >= 4 is 22.6 Å². The molecule has 0 radical (unpaired) electrons. The summed E-state index contributed by atoms with van der Waals surface area (Å²) in [4.78, 5) is 16.6. The molecule has 0 aliphatic heterocycles. The fourth-order valence-corrected chi connectivity index (χ4v) is 2.36. The maximum absolute atomic E-state index is 12.4. The second-order valence-electron chi connectivity index (χ2n) is 5.06. The highest BCUT2D eigenvalue weighted by Crippen LogP contribution is 2.26. The number of nitrogens with zero attached hydrogens (tertiary/aromatic N) is 2. The number of aromatic nitrogens is 2. The van der Waals surface area contributed by atoms with Crippen LogP contribution in [0.3, 0.4) is 0 Å². The molecule has 0 spiro atoms. The first-order chi connectivity index (χ1) is 11.3. The Morgan fingerprint density at radius 3 is 2.79 bits per heavy atom. The average molecular weight is 335 g/mol. The van der Waals surface area contributed by atoms with Crippen LogP contribution >= 0.6 is 0 Å². The van der Waals surface area contributed by atoms with E-state index in [9.17, 15) is 18.0 Å². The van der Waals surface area contributed by atoms with E-state index in [4.69, 9.17) is 0 Å². The predicted molar refractivity (Wildman–Crippen MR) is 81.8 cm³/mol. The van der Waals surface area contributed by atoms with Gasteiger partial charge in [-0.2, -0.15) is 0 Å². The number of carbonyl (C=O) groups is 1. The SMILES string of the molecule is Cn1cc(C(=O)Nc2cccc(OC(F)(F)F)c2)c2cccnc21. The van der Waals surface area contributed by atoms with Crippen LogP contribution in [0.2, 0.25) is 0 Å². The number of anilines is 1. The van der Waals surface area contributed by atoms with E-state index in [2.05, 4.69) is 15.0 Å². The summed E-state index contributed by atoms with van der Waals surface area (Å²) in [6.07, 6.45) is -1.56. The number of pyridine rings is 1. The standard InChI is InChI=1S/C16H12F3N3O2/c1-22-9-13(12-6-3-7-20-14(12)22)15(23)21-10-4-2-5-11(8-10)24-16(17,18)19/h2-9H,1H3,(H,21,23). The molecular formula is C16H12F3N3O2. The third-order valence-corrected chi connectivity index (χ3v) is 3.30. The Hall–Kier alpha value is -3.03. The Bertz CT molecular complexity index is 903. The minimum Gasteiger partial charge on any atom is -0.406 e. The number of alkyl halides is 3. The summed E-state index contributed by atoms with van der Waals surface area (Å²) in [5.41, 5.74) is 1.21. The van der Waals surface area contributed by atoms with Crippen molar-refractivity contribution in [2.75, 3.05) is 5.32 Å². The second kappa shape index (κ2) is 5.88. The molecule has 0 saturated carbocycles. The van der Waals surface area contributed by atoms with Gasteiger partial charge in [0.05, 0.1) is 5.56 Å². The number of hydrogen-bond donors (Lipinski definition) is 1. The summed E-state index contributed by atoms with van der Waals surface area (Å²) < 4.78 is 42.3. The van der Waals surface area contributed by atoms with Gasteiger partial charge in [-0.3, -0.25) is 4.79 Å². The molecule has 3 aromatic rings. The summed E-state index contributed by atoms with van der Waals surface area (Å²) in [6, 6.07) is 8.56. The summed E-state index contributed by atoms with van der Waals surface area (Å²) in [7, 11) is 1.75. The molecule has 24 heavy (non-hydrogen) atoms. The van der Waals surface area contributed by atoms with E-state index in [1.807, 2.05) is 0 Å². The van der Waals surface area contributed by atoms with E-state index in [1.165, 1.54) is 12.1 Å². The van der Waals surface area contributed by atoms with Crippen molar-refractivity contribution < 1.29 is 22.7 Å². The van der Waals surface area contributed by atoms with Crippen LogP contribution < -0.4 is 10.1 Å². The fourth-order valence-electron chi connectivity index (χ4n) is 2.36. The number of halogens is 3. The first-order valence-electron chi connectivity index (χ1n) is 6.91. The molecule has 1 aromatic carbocycles. The molecule has 3 rings (SSSR count). The normalized spacial score (nSPS) is 11.5. The van der Waals surface area contributed by atoms with Gasteiger partial charge in [0.2, 0.25) is 0 Å². The van der Waals surface area contributed by atoms with Crippen LogP contribution in [0.15, 0.2) is 48.8 Å². The van der Waals surface area contributed by atoms with Gasteiger partial charge in [-0.05, 0) is 24.3 Å². The zero-order chi connectivity index (χ0) is 17.3. The monoisotopic (exact) mass is 335 g/mol. The summed E-state index contributed by atoms with van der Waals surface area (Å²) in [6.45, 7) is 0. The van der Waals surface area contributed by atoms with Crippen LogP contribution in [-0.4, -0.2) is 21.8 Å². The lowest BCUT2D eigenvalue weighted by atomic mass is 10.2. The molecule has 0 atom stereocenters. The number of amides is 1. The minimum atomic E-state index is -4.79. The summed E-state index contributed by atoms with van der Waals surface area (Å²) in [5.74, 6) is -0.849. The second-order valence-corrected chi connectivity index (χ2v) is 5.06. The highest BCUT2D eigenvalue weighted by molar-refractivity contribution is 6.12. The van der Waals surface area contributed by atoms with Gasteiger partial charge < -0.3 is 14.6 Å².